The lowest BCUT2D eigenvalue weighted by Crippen LogP contribution is -2.21. The number of aromatic nitrogens is 2. The second-order valence-corrected chi connectivity index (χ2v) is 10.2. The van der Waals surface area contributed by atoms with Crippen LogP contribution in [0.25, 0.3) is 0 Å². The van der Waals surface area contributed by atoms with Crippen molar-refractivity contribution >= 4 is 50.8 Å². The molecule has 0 fully saturated rings. The van der Waals surface area contributed by atoms with Crippen LogP contribution in [0.2, 0.25) is 0 Å². The molecule has 0 saturated heterocycles. The fraction of sp³-hybridized carbons (Fsp3) is 0.200. The summed E-state index contributed by atoms with van der Waals surface area (Å²) in [4.78, 5) is 13.6. The lowest BCUT2D eigenvalue weighted by molar-refractivity contribution is -0.116. The summed E-state index contributed by atoms with van der Waals surface area (Å²) in [6.07, 6.45) is 1.95. The normalized spacial score (nSPS) is 11.4. The zero-order chi connectivity index (χ0) is 21.7. The number of amides is 1. The Morgan fingerprint density at radius 3 is 2.57 bits per heavy atom. The maximum atomic E-state index is 13.2. The molecule has 0 unspecified atom stereocenters. The van der Waals surface area contributed by atoms with Crippen LogP contribution in [-0.4, -0.2) is 36.1 Å². The summed E-state index contributed by atoms with van der Waals surface area (Å²) in [5.41, 5.74) is 6.82. The minimum absolute atomic E-state index is 0.0529. The van der Waals surface area contributed by atoms with E-state index in [0.29, 0.717) is 11.4 Å². The number of sulfone groups is 1. The lowest BCUT2D eigenvalue weighted by atomic mass is 10.3. The molecule has 158 valence electrons. The van der Waals surface area contributed by atoms with Gasteiger partial charge in [0.2, 0.25) is 15.7 Å². The minimum Gasteiger partial charge on any atom is -0.383 e. The summed E-state index contributed by atoms with van der Waals surface area (Å²) in [5, 5.41) is 7.40. The molecule has 0 aliphatic rings. The van der Waals surface area contributed by atoms with Gasteiger partial charge in [0.1, 0.15) is 22.3 Å². The van der Waals surface area contributed by atoms with Crippen molar-refractivity contribution in [3.8, 4) is 0 Å². The van der Waals surface area contributed by atoms with Crippen LogP contribution in [0, 0.1) is 0 Å². The number of nitrogens with one attached hydrogen (secondary N) is 1. The van der Waals surface area contributed by atoms with E-state index >= 15 is 0 Å². The van der Waals surface area contributed by atoms with Gasteiger partial charge in [-0.3, -0.25) is 4.79 Å². The van der Waals surface area contributed by atoms with E-state index in [4.69, 9.17) is 5.73 Å². The molecule has 3 rings (SSSR count). The number of benzene rings is 2. The Balaban J connectivity index is 1.91. The van der Waals surface area contributed by atoms with E-state index in [2.05, 4.69) is 10.4 Å². The second kappa shape index (κ2) is 9.59. The van der Waals surface area contributed by atoms with Crippen molar-refractivity contribution in [2.75, 3.05) is 23.1 Å². The molecule has 0 saturated carbocycles. The molecule has 30 heavy (non-hydrogen) atoms. The van der Waals surface area contributed by atoms with Gasteiger partial charge < -0.3 is 11.1 Å². The van der Waals surface area contributed by atoms with Crippen LogP contribution in [0.5, 0.6) is 0 Å². The average molecular weight is 463 g/mol. The van der Waals surface area contributed by atoms with E-state index in [1.807, 2.05) is 31.4 Å². The summed E-state index contributed by atoms with van der Waals surface area (Å²) < 4.78 is 27.6. The largest absolute Gasteiger partial charge is 0.383 e. The third-order valence-electron chi connectivity index (χ3n) is 4.17. The lowest BCUT2D eigenvalue weighted by Gasteiger charge is -2.08. The molecule has 2 aromatic carbocycles. The first kappa shape index (κ1) is 22.3. The van der Waals surface area contributed by atoms with Crippen molar-refractivity contribution in [1.82, 2.24) is 9.78 Å². The number of carbonyl (C=O) groups excluding carboxylic acids is 1. The Morgan fingerprint density at radius 2 is 1.90 bits per heavy atom. The standard InChI is InChI=1S/C20H22N4O3S3/c1-3-29-20-18(30(26,27)16-10-5-4-6-11-16)19(21)24(23-20)13-17(25)22-14-8-7-9-15(12-14)28-2/h4-12H,3,13,21H2,1-2H3,(H,22,25). The Labute approximate surface area is 184 Å². The SMILES string of the molecule is CCSc1nn(CC(=O)Nc2cccc(SC)c2)c(N)c1S(=O)(=O)c1ccccc1. The van der Waals surface area contributed by atoms with Gasteiger partial charge in [0, 0.05) is 10.6 Å². The zero-order valence-corrected chi connectivity index (χ0v) is 19.0. The van der Waals surface area contributed by atoms with Crippen LogP contribution in [0.4, 0.5) is 11.5 Å². The summed E-state index contributed by atoms with van der Waals surface area (Å²) in [5.74, 6) is 0.212. The van der Waals surface area contributed by atoms with Gasteiger partial charge in [-0.1, -0.05) is 31.2 Å². The number of anilines is 2. The van der Waals surface area contributed by atoms with Gasteiger partial charge in [0.15, 0.2) is 0 Å². The molecule has 0 spiro atoms. The maximum Gasteiger partial charge on any atom is 0.246 e. The van der Waals surface area contributed by atoms with E-state index in [9.17, 15) is 13.2 Å². The van der Waals surface area contributed by atoms with E-state index in [-0.39, 0.29) is 33.1 Å². The van der Waals surface area contributed by atoms with Crippen molar-refractivity contribution < 1.29 is 13.2 Å². The molecule has 0 radical (unpaired) electrons. The number of hydrogen-bond donors (Lipinski definition) is 2. The third-order valence-corrected chi connectivity index (χ3v) is 7.70. The first-order chi connectivity index (χ1) is 14.4. The van der Waals surface area contributed by atoms with Crippen LogP contribution in [-0.2, 0) is 21.2 Å². The quantitative estimate of drug-likeness (QED) is 0.491. The van der Waals surface area contributed by atoms with Gasteiger partial charge in [0.25, 0.3) is 0 Å². The summed E-state index contributed by atoms with van der Waals surface area (Å²) in [6, 6.07) is 15.5. The van der Waals surface area contributed by atoms with Crippen LogP contribution in [0.15, 0.2) is 74.3 Å². The maximum absolute atomic E-state index is 13.2. The van der Waals surface area contributed by atoms with Crippen LogP contribution >= 0.6 is 23.5 Å². The molecule has 3 N–H and O–H groups in total. The summed E-state index contributed by atoms with van der Waals surface area (Å²) >= 11 is 2.84. The molecule has 1 heterocycles. The predicted molar refractivity (Wildman–Crippen MR) is 122 cm³/mol. The van der Waals surface area contributed by atoms with Gasteiger partial charge in [-0.25, -0.2) is 13.1 Å². The number of nitrogen functional groups attached to an aromatic ring is 1. The molecule has 7 nitrogen and oxygen atoms in total. The van der Waals surface area contributed by atoms with E-state index < -0.39 is 9.84 Å². The molecule has 0 aliphatic carbocycles. The van der Waals surface area contributed by atoms with Gasteiger partial charge in [0.05, 0.1) is 4.90 Å². The first-order valence-corrected chi connectivity index (χ1v) is 12.8. The highest BCUT2D eigenvalue weighted by Gasteiger charge is 2.29. The smallest absolute Gasteiger partial charge is 0.246 e. The van der Waals surface area contributed by atoms with Gasteiger partial charge in [-0.05, 0) is 42.3 Å². The van der Waals surface area contributed by atoms with Crippen molar-refractivity contribution in [2.45, 2.75) is 33.2 Å². The third kappa shape index (κ3) is 4.82. The summed E-state index contributed by atoms with van der Waals surface area (Å²) in [7, 11) is -3.87. The van der Waals surface area contributed by atoms with E-state index in [1.54, 1.807) is 36.0 Å². The fourth-order valence-electron chi connectivity index (χ4n) is 2.79. The number of nitrogens with two attached hydrogens (primary N) is 1. The average Bonchev–Trinajstić information content (AvgIpc) is 3.04. The number of rotatable bonds is 8. The molecule has 1 aromatic heterocycles. The van der Waals surface area contributed by atoms with Crippen molar-refractivity contribution in [3.05, 3.63) is 54.6 Å². The van der Waals surface area contributed by atoms with Crippen molar-refractivity contribution in [3.63, 3.8) is 0 Å². The Hall–Kier alpha value is -2.43. The van der Waals surface area contributed by atoms with Crippen molar-refractivity contribution in [1.29, 1.82) is 0 Å². The van der Waals surface area contributed by atoms with Crippen LogP contribution < -0.4 is 11.1 Å². The highest BCUT2D eigenvalue weighted by atomic mass is 32.2. The summed E-state index contributed by atoms with van der Waals surface area (Å²) in [6.45, 7) is 1.70. The second-order valence-electron chi connectivity index (χ2n) is 6.21. The first-order valence-electron chi connectivity index (χ1n) is 9.10. The molecule has 10 heteroatoms. The molecule has 1 amide bonds. The number of thioether (sulfide) groups is 2. The Morgan fingerprint density at radius 1 is 1.17 bits per heavy atom. The van der Waals surface area contributed by atoms with Crippen LogP contribution in [0.3, 0.4) is 0 Å². The monoisotopic (exact) mass is 462 g/mol. The topological polar surface area (TPSA) is 107 Å². The zero-order valence-electron chi connectivity index (χ0n) is 16.5. The van der Waals surface area contributed by atoms with Crippen LogP contribution in [0.1, 0.15) is 6.92 Å². The molecule has 0 aliphatic heterocycles. The molecule has 0 atom stereocenters. The van der Waals surface area contributed by atoms with Gasteiger partial charge in [-0.15, -0.1) is 23.5 Å². The molecular formula is C20H22N4O3S3. The van der Waals surface area contributed by atoms with Gasteiger partial charge in [-0.2, -0.15) is 5.10 Å². The molecule has 3 aromatic rings. The Bertz CT molecular complexity index is 1150. The highest BCUT2D eigenvalue weighted by molar-refractivity contribution is 8.00. The van der Waals surface area contributed by atoms with E-state index in [0.717, 1.165) is 4.90 Å². The molecule has 0 bridgehead atoms. The Kier molecular flexibility index (Phi) is 7.11. The predicted octanol–water partition coefficient (Wildman–Crippen LogP) is 3.77. The fourth-order valence-corrected chi connectivity index (χ4v) is 5.83. The minimum atomic E-state index is -3.87. The van der Waals surface area contributed by atoms with E-state index in [1.165, 1.54) is 28.6 Å². The van der Waals surface area contributed by atoms with Crippen molar-refractivity contribution in [2.24, 2.45) is 0 Å². The number of carbonyl (C=O) groups is 1. The highest BCUT2D eigenvalue weighted by Crippen LogP contribution is 2.34. The van der Waals surface area contributed by atoms with Gasteiger partial charge >= 0.3 is 0 Å². The number of hydrogen-bond acceptors (Lipinski definition) is 7. The molecular weight excluding hydrogens is 440 g/mol. The number of nitrogens with zero attached hydrogens (tertiary/aromatic N) is 2.